The maximum Gasteiger partial charge on any atom is 0.212 e. The van der Waals surface area contributed by atoms with Crippen LogP contribution in [0.3, 0.4) is 0 Å². The largest absolute Gasteiger partial charge is 0.467 e. The molecule has 0 saturated carbocycles. The van der Waals surface area contributed by atoms with Crippen molar-refractivity contribution < 1.29 is 12.8 Å². The molecule has 2 aromatic heterocycles. The van der Waals surface area contributed by atoms with Gasteiger partial charge in [-0.3, -0.25) is 0 Å². The quantitative estimate of drug-likeness (QED) is 0.814. The van der Waals surface area contributed by atoms with Crippen molar-refractivity contribution in [2.24, 2.45) is 0 Å². The van der Waals surface area contributed by atoms with E-state index in [4.69, 9.17) is 16.0 Å². The Labute approximate surface area is 127 Å². The molecule has 0 fully saturated rings. The number of hydrogen-bond acceptors (Lipinski definition) is 5. The number of sulfonamides is 1. The molecule has 20 heavy (non-hydrogen) atoms. The third kappa shape index (κ3) is 4.07. The predicted molar refractivity (Wildman–Crippen MR) is 80.7 cm³/mol. The van der Waals surface area contributed by atoms with Crippen molar-refractivity contribution in [3.63, 3.8) is 0 Å². The van der Waals surface area contributed by atoms with Crippen LogP contribution >= 0.6 is 22.9 Å². The minimum Gasteiger partial charge on any atom is -0.467 e. The van der Waals surface area contributed by atoms with Gasteiger partial charge in [-0.25, -0.2) is 13.1 Å². The van der Waals surface area contributed by atoms with Crippen LogP contribution in [0.5, 0.6) is 0 Å². The molecule has 2 rings (SSSR count). The van der Waals surface area contributed by atoms with Crippen molar-refractivity contribution in [1.29, 1.82) is 0 Å². The highest BCUT2D eigenvalue weighted by Crippen LogP contribution is 2.31. The van der Waals surface area contributed by atoms with Crippen LogP contribution < -0.4 is 10.0 Å². The van der Waals surface area contributed by atoms with Crippen LogP contribution in [0.15, 0.2) is 34.9 Å². The first-order chi connectivity index (χ1) is 9.52. The van der Waals surface area contributed by atoms with Crippen LogP contribution in [0.25, 0.3) is 0 Å². The molecule has 0 radical (unpaired) electrons. The molecule has 0 saturated heterocycles. The Morgan fingerprint density at radius 2 is 2.20 bits per heavy atom. The fourth-order valence-corrected chi connectivity index (χ4v) is 3.46. The summed E-state index contributed by atoms with van der Waals surface area (Å²) < 4.78 is 31.2. The number of furan rings is 1. The van der Waals surface area contributed by atoms with Crippen LogP contribution in [0.1, 0.15) is 16.7 Å². The molecule has 0 aliphatic heterocycles. The van der Waals surface area contributed by atoms with Gasteiger partial charge >= 0.3 is 0 Å². The Morgan fingerprint density at radius 1 is 1.40 bits per heavy atom. The SMILES string of the molecule is CNS(=O)(=O)CCNC(c1ccco1)c1ccc(Cl)s1. The molecule has 8 heteroatoms. The van der Waals surface area contributed by atoms with Crippen molar-refractivity contribution in [2.45, 2.75) is 6.04 Å². The molecule has 0 aliphatic rings. The monoisotopic (exact) mass is 334 g/mol. The van der Waals surface area contributed by atoms with Crippen molar-refractivity contribution in [1.82, 2.24) is 10.0 Å². The van der Waals surface area contributed by atoms with Gasteiger partial charge in [-0.2, -0.15) is 0 Å². The van der Waals surface area contributed by atoms with E-state index in [9.17, 15) is 8.42 Å². The lowest BCUT2D eigenvalue weighted by Crippen LogP contribution is -2.31. The molecular weight excluding hydrogens is 320 g/mol. The second-order valence-electron chi connectivity index (χ2n) is 4.07. The van der Waals surface area contributed by atoms with Gasteiger partial charge in [0.05, 0.1) is 16.4 Å². The fraction of sp³-hybridized carbons (Fsp3) is 0.333. The van der Waals surface area contributed by atoms with E-state index in [-0.39, 0.29) is 11.8 Å². The number of hydrogen-bond donors (Lipinski definition) is 2. The molecule has 110 valence electrons. The second kappa shape index (κ2) is 6.73. The Morgan fingerprint density at radius 3 is 2.75 bits per heavy atom. The first-order valence-electron chi connectivity index (χ1n) is 5.95. The molecule has 0 amide bonds. The topological polar surface area (TPSA) is 71.3 Å². The van der Waals surface area contributed by atoms with Gasteiger partial charge in [-0.15, -0.1) is 11.3 Å². The van der Waals surface area contributed by atoms with Crippen LogP contribution in [0.4, 0.5) is 0 Å². The summed E-state index contributed by atoms with van der Waals surface area (Å²) in [5.74, 6) is 0.727. The summed E-state index contributed by atoms with van der Waals surface area (Å²) in [5.41, 5.74) is 0. The van der Waals surface area contributed by atoms with Gasteiger partial charge in [0.15, 0.2) is 0 Å². The summed E-state index contributed by atoms with van der Waals surface area (Å²) in [6.45, 7) is 0.310. The van der Waals surface area contributed by atoms with Gasteiger partial charge in [0.2, 0.25) is 10.0 Å². The van der Waals surface area contributed by atoms with Crippen molar-refractivity contribution in [3.05, 3.63) is 45.5 Å². The lowest BCUT2D eigenvalue weighted by Gasteiger charge is -2.15. The summed E-state index contributed by atoms with van der Waals surface area (Å²) in [7, 11) is -1.83. The van der Waals surface area contributed by atoms with Crippen LogP contribution in [-0.2, 0) is 10.0 Å². The molecule has 0 bridgehead atoms. The Hall–Kier alpha value is -0.860. The third-order valence-corrected chi connectivity index (χ3v) is 5.40. The van der Waals surface area contributed by atoms with Crippen molar-refractivity contribution in [3.8, 4) is 0 Å². The maximum absolute atomic E-state index is 11.4. The van der Waals surface area contributed by atoms with E-state index in [2.05, 4.69) is 10.0 Å². The van der Waals surface area contributed by atoms with Crippen molar-refractivity contribution in [2.75, 3.05) is 19.3 Å². The molecule has 0 aromatic carbocycles. The molecule has 0 aliphatic carbocycles. The third-order valence-electron chi connectivity index (χ3n) is 2.74. The summed E-state index contributed by atoms with van der Waals surface area (Å²) in [6.07, 6.45) is 1.59. The highest BCUT2D eigenvalue weighted by Gasteiger charge is 2.19. The fourth-order valence-electron chi connectivity index (χ4n) is 1.72. The van der Waals surface area contributed by atoms with Gasteiger partial charge in [-0.05, 0) is 31.3 Å². The Kier molecular flexibility index (Phi) is 5.22. The van der Waals surface area contributed by atoms with E-state index in [0.717, 1.165) is 10.6 Å². The standard InChI is InChI=1S/C12H15ClN2O3S2/c1-14-20(16,17)8-6-15-12(9-3-2-7-18-9)10-4-5-11(13)19-10/h2-5,7,12,14-15H,6,8H2,1H3. The van der Waals surface area contributed by atoms with E-state index in [1.54, 1.807) is 12.3 Å². The van der Waals surface area contributed by atoms with Gasteiger partial charge in [0.1, 0.15) is 11.8 Å². The van der Waals surface area contributed by atoms with Crippen LogP contribution in [0.2, 0.25) is 4.34 Å². The molecule has 5 nitrogen and oxygen atoms in total. The van der Waals surface area contributed by atoms with Gasteiger partial charge in [0.25, 0.3) is 0 Å². The summed E-state index contributed by atoms with van der Waals surface area (Å²) in [5, 5.41) is 3.18. The lowest BCUT2D eigenvalue weighted by molar-refractivity contribution is 0.454. The number of halogens is 1. The first kappa shape index (κ1) is 15.5. The number of rotatable bonds is 7. The zero-order valence-corrected chi connectivity index (χ0v) is 13.2. The molecule has 2 N–H and O–H groups in total. The molecular formula is C12H15ClN2O3S2. The van der Waals surface area contributed by atoms with Gasteiger partial charge < -0.3 is 9.73 Å². The van der Waals surface area contributed by atoms with Crippen LogP contribution in [0, 0.1) is 0 Å². The van der Waals surface area contributed by atoms with Crippen molar-refractivity contribution >= 4 is 33.0 Å². The average molecular weight is 335 g/mol. The molecule has 0 spiro atoms. The number of thiophene rings is 1. The van der Waals surface area contributed by atoms with E-state index in [1.807, 2.05) is 18.2 Å². The van der Waals surface area contributed by atoms with E-state index in [1.165, 1.54) is 18.4 Å². The Balaban J connectivity index is 2.09. The first-order valence-corrected chi connectivity index (χ1v) is 8.80. The van der Waals surface area contributed by atoms with E-state index < -0.39 is 10.0 Å². The van der Waals surface area contributed by atoms with E-state index in [0.29, 0.717) is 10.9 Å². The molecule has 1 unspecified atom stereocenters. The normalized spacial score (nSPS) is 13.5. The summed E-state index contributed by atoms with van der Waals surface area (Å²) in [6, 6.07) is 7.15. The molecule has 1 atom stereocenters. The molecule has 2 aromatic rings. The highest BCUT2D eigenvalue weighted by molar-refractivity contribution is 7.89. The lowest BCUT2D eigenvalue weighted by atomic mass is 10.2. The Bertz CT molecular complexity index is 637. The average Bonchev–Trinajstić information content (AvgIpc) is 3.06. The van der Waals surface area contributed by atoms with Gasteiger partial charge in [-0.1, -0.05) is 11.6 Å². The van der Waals surface area contributed by atoms with E-state index >= 15 is 0 Å². The summed E-state index contributed by atoms with van der Waals surface area (Å²) in [4.78, 5) is 0.979. The maximum atomic E-state index is 11.4. The minimum atomic E-state index is -3.23. The predicted octanol–water partition coefficient (Wildman–Crippen LogP) is 2.22. The molecule has 2 heterocycles. The minimum absolute atomic E-state index is 0.000183. The van der Waals surface area contributed by atoms with Gasteiger partial charge in [0, 0.05) is 11.4 Å². The smallest absolute Gasteiger partial charge is 0.212 e. The zero-order valence-electron chi connectivity index (χ0n) is 10.8. The van der Waals surface area contributed by atoms with Crippen LogP contribution in [-0.4, -0.2) is 27.8 Å². The number of nitrogens with one attached hydrogen (secondary N) is 2. The zero-order chi connectivity index (χ0) is 14.6. The summed E-state index contributed by atoms with van der Waals surface area (Å²) >= 11 is 7.38. The second-order valence-corrected chi connectivity index (χ2v) is 7.86. The highest BCUT2D eigenvalue weighted by atomic mass is 35.5.